The largest absolute Gasteiger partial charge is 0.312 e. The summed E-state index contributed by atoms with van der Waals surface area (Å²) in [5.41, 5.74) is 0. The highest BCUT2D eigenvalue weighted by atomic mass is 32.2. The van der Waals surface area contributed by atoms with E-state index >= 15 is 0 Å². The molecule has 1 saturated heterocycles. The van der Waals surface area contributed by atoms with E-state index in [2.05, 4.69) is 22.3 Å². The quantitative estimate of drug-likeness (QED) is 0.817. The van der Waals surface area contributed by atoms with Gasteiger partial charge in [0, 0.05) is 19.0 Å². The topological polar surface area (TPSA) is 76.9 Å². The fourth-order valence-corrected chi connectivity index (χ4v) is 5.13. The van der Waals surface area contributed by atoms with Gasteiger partial charge in [-0.2, -0.15) is 5.10 Å². The first kappa shape index (κ1) is 16.4. The van der Waals surface area contributed by atoms with Gasteiger partial charge in [0.25, 0.3) is 0 Å². The van der Waals surface area contributed by atoms with Crippen molar-refractivity contribution >= 4 is 9.84 Å². The fraction of sp³-hybridized carbons (Fsp3) is 0.857. The smallest absolute Gasteiger partial charge is 0.154 e. The first-order chi connectivity index (χ1) is 10.1. The van der Waals surface area contributed by atoms with Crippen LogP contribution in [-0.4, -0.2) is 46.8 Å². The van der Waals surface area contributed by atoms with Gasteiger partial charge >= 0.3 is 0 Å². The van der Waals surface area contributed by atoms with Crippen LogP contribution in [0.15, 0.2) is 6.33 Å². The summed E-state index contributed by atoms with van der Waals surface area (Å²) in [5.74, 6) is 1.19. The van der Waals surface area contributed by atoms with E-state index in [9.17, 15) is 8.42 Å². The van der Waals surface area contributed by atoms with Crippen molar-refractivity contribution in [2.75, 3.05) is 12.3 Å². The molecule has 120 valence electrons. The molecule has 1 aromatic heterocycles. The zero-order valence-electron chi connectivity index (χ0n) is 13.0. The van der Waals surface area contributed by atoms with Gasteiger partial charge in [0.05, 0.1) is 11.0 Å². The Hall–Kier alpha value is -0.950. The van der Waals surface area contributed by atoms with Gasteiger partial charge in [0.1, 0.15) is 12.2 Å². The summed E-state index contributed by atoms with van der Waals surface area (Å²) >= 11 is 0. The molecule has 7 heteroatoms. The van der Waals surface area contributed by atoms with Gasteiger partial charge in [-0.05, 0) is 32.7 Å². The van der Waals surface area contributed by atoms with Crippen molar-refractivity contribution in [3.05, 3.63) is 12.2 Å². The van der Waals surface area contributed by atoms with Crippen molar-refractivity contribution in [2.45, 2.75) is 63.8 Å². The number of aromatic nitrogens is 3. The molecule has 1 aliphatic heterocycles. The second kappa shape index (κ2) is 7.35. The third kappa shape index (κ3) is 4.03. The van der Waals surface area contributed by atoms with E-state index in [1.165, 1.54) is 0 Å². The molecular formula is C14H26N4O2S. The summed E-state index contributed by atoms with van der Waals surface area (Å²) in [7, 11) is -3.00. The van der Waals surface area contributed by atoms with Gasteiger partial charge in [-0.3, -0.25) is 4.68 Å². The number of sulfone groups is 1. The molecule has 0 radical (unpaired) electrons. The molecule has 2 unspecified atom stereocenters. The zero-order chi connectivity index (χ0) is 15.3. The fourth-order valence-electron chi connectivity index (χ4n) is 3.00. The van der Waals surface area contributed by atoms with Gasteiger partial charge in [-0.25, -0.2) is 13.4 Å². The molecule has 2 heterocycles. The average molecular weight is 314 g/mol. The number of rotatable bonds is 7. The molecule has 0 saturated carbocycles. The minimum Gasteiger partial charge on any atom is -0.312 e. The van der Waals surface area contributed by atoms with Crippen LogP contribution in [0.4, 0.5) is 0 Å². The van der Waals surface area contributed by atoms with Gasteiger partial charge in [0.15, 0.2) is 9.84 Å². The van der Waals surface area contributed by atoms with Gasteiger partial charge in [-0.1, -0.05) is 13.3 Å². The molecule has 1 aliphatic rings. The molecule has 0 amide bonds. The average Bonchev–Trinajstić information content (AvgIpc) is 2.90. The SMILES string of the molecule is CCCNC(Cc1ncnn1CC)C1CCCCS1(=O)=O. The summed E-state index contributed by atoms with van der Waals surface area (Å²) in [6.45, 7) is 5.70. The van der Waals surface area contributed by atoms with Crippen LogP contribution < -0.4 is 5.32 Å². The molecule has 0 spiro atoms. The predicted molar refractivity (Wildman–Crippen MR) is 82.9 cm³/mol. The second-order valence-corrected chi connectivity index (χ2v) is 8.00. The van der Waals surface area contributed by atoms with Crippen molar-refractivity contribution in [3.8, 4) is 0 Å². The summed E-state index contributed by atoms with van der Waals surface area (Å²) in [5, 5.41) is 7.31. The van der Waals surface area contributed by atoms with E-state index in [0.29, 0.717) is 12.2 Å². The maximum Gasteiger partial charge on any atom is 0.154 e. The Morgan fingerprint density at radius 1 is 1.43 bits per heavy atom. The third-order valence-corrected chi connectivity index (χ3v) is 6.48. The summed E-state index contributed by atoms with van der Waals surface area (Å²) in [6, 6.07) is -0.0650. The van der Waals surface area contributed by atoms with Crippen molar-refractivity contribution in [3.63, 3.8) is 0 Å². The standard InChI is InChI=1S/C14H26N4O2S/c1-3-8-15-12(10-14-16-11-17-18(14)4-2)13-7-5-6-9-21(13,19)20/h11-13,15H,3-10H2,1-2H3. The van der Waals surface area contributed by atoms with Crippen LogP contribution in [-0.2, 0) is 22.8 Å². The minimum atomic E-state index is -3.00. The monoisotopic (exact) mass is 314 g/mol. The lowest BCUT2D eigenvalue weighted by atomic mass is 10.0. The highest BCUT2D eigenvalue weighted by Gasteiger charge is 2.35. The van der Waals surface area contributed by atoms with Gasteiger partial charge in [0.2, 0.25) is 0 Å². The van der Waals surface area contributed by atoms with Crippen LogP contribution in [0.1, 0.15) is 45.4 Å². The lowest BCUT2D eigenvalue weighted by molar-refractivity contribution is 0.421. The van der Waals surface area contributed by atoms with Gasteiger partial charge in [-0.15, -0.1) is 0 Å². The Labute approximate surface area is 127 Å². The van der Waals surface area contributed by atoms with Crippen molar-refractivity contribution in [1.82, 2.24) is 20.1 Å². The first-order valence-electron chi connectivity index (χ1n) is 7.90. The molecule has 0 aromatic carbocycles. The van der Waals surface area contributed by atoms with Crippen LogP contribution in [0, 0.1) is 0 Å². The van der Waals surface area contributed by atoms with E-state index in [4.69, 9.17) is 0 Å². The molecule has 1 fully saturated rings. The summed E-state index contributed by atoms with van der Waals surface area (Å²) in [6.07, 6.45) is 5.70. The summed E-state index contributed by atoms with van der Waals surface area (Å²) in [4.78, 5) is 4.29. The first-order valence-corrected chi connectivity index (χ1v) is 9.61. The normalized spacial score (nSPS) is 23.0. The Balaban J connectivity index is 2.17. The Morgan fingerprint density at radius 2 is 2.24 bits per heavy atom. The molecule has 1 aromatic rings. The lowest BCUT2D eigenvalue weighted by Crippen LogP contribution is -2.48. The maximum atomic E-state index is 12.4. The van der Waals surface area contributed by atoms with E-state index < -0.39 is 9.84 Å². The predicted octanol–water partition coefficient (Wildman–Crippen LogP) is 1.18. The third-order valence-electron chi connectivity index (χ3n) is 4.13. The van der Waals surface area contributed by atoms with Crippen molar-refractivity contribution in [1.29, 1.82) is 0 Å². The number of aryl methyl sites for hydroxylation is 1. The Morgan fingerprint density at radius 3 is 2.90 bits per heavy atom. The van der Waals surface area contributed by atoms with Crippen LogP contribution in [0.2, 0.25) is 0 Å². The second-order valence-electron chi connectivity index (χ2n) is 5.66. The molecule has 0 aliphatic carbocycles. The van der Waals surface area contributed by atoms with Crippen molar-refractivity contribution in [2.24, 2.45) is 0 Å². The minimum absolute atomic E-state index is 0.0650. The van der Waals surface area contributed by atoms with E-state index in [1.54, 1.807) is 6.33 Å². The highest BCUT2D eigenvalue weighted by molar-refractivity contribution is 7.92. The molecule has 6 nitrogen and oxygen atoms in total. The zero-order valence-corrected chi connectivity index (χ0v) is 13.8. The van der Waals surface area contributed by atoms with Crippen LogP contribution in [0.5, 0.6) is 0 Å². The van der Waals surface area contributed by atoms with E-state index in [0.717, 1.165) is 44.6 Å². The molecule has 2 atom stereocenters. The Bertz CT molecular complexity index is 541. The molecule has 0 bridgehead atoms. The molecular weight excluding hydrogens is 288 g/mol. The number of hydrogen-bond donors (Lipinski definition) is 1. The van der Waals surface area contributed by atoms with Crippen LogP contribution in [0.3, 0.4) is 0 Å². The summed E-state index contributed by atoms with van der Waals surface area (Å²) < 4.78 is 26.6. The van der Waals surface area contributed by atoms with E-state index in [1.807, 2.05) is 11.6 Å². The number of hydrogen-bond acceptors (Lipinski definition) is 5. The van der Waals surface area contributed by atoms with Gasteiger partial charge < -0.3 is 5.32 Å². The number of nitrogens with zero attached hydrogens (tertiary/aromatic N) is 3. The number of nitrogens with one attached hydrogen (secondary N) is 1. The lowest BCUT2D eigenvalue weighted by Gasteiger charge is -2.30. The highest BCUT2D eigenvalue weighted by Crippen LogP contribution is 2.24. The van der Waals surface area contributed by atoms with E-state index in [-0.39, 0.29) is 11.3 Å². The van der Waals surface area contributed by atoms with Crippen LogP contribution >= 0.6 is 0 Å². The van der Waals surface area contributed by atoms with Crippen molar-refractivity contribution < 1.29 is 8.42 Å². The molecule has 21 heavy (non-hydrogen) atoms. The maximum absolute atomic E-state index is 12.4. The Kier molecular flexibility index (Phi) is 5.75. The van der Waals surface area contributed by atoms with Crippen LogP contribution in [0.25, 0.3) is 0 Å². The molecule has 2 rings (SSSR count). The molecule has 1 N–H and O–H groups in total.